The molecule has 0 aliphatic carbocycles. The maximum atomic E-state index is 11.7. The van der Waals surface area contributed by atoms with Crippen molar-refractivity contribution < 1.29 is 14.7 Å². The lowest BCUT2D eigenvalue weighted by atomic mass is 9.91. The lowest BCUT2D eigenvalue weighted by Crippen LogP contribution is -2.58. The van der Waals surface area contributed by atoms with E-state index in [1.54, 1.807) is 6.92 Å². The Bertz CT molecular complexity index is 262. The molecule has 0 radical (unpaired) electrons. The van der Waals surface area contributed by atoms with Crippen LogP contribution < -0.4 is 11.1 Å². The first-order valence-corrected chi connectivity index (χ1v) is 5.30. The standard InChI is InChI=1S/C10H21N3O3/c1-5-10(6-2,9(11)13-15)12-8(14)7(3)16-4/h7,15H,5-6H2,1-4H3,(H2,11,13)(H,12,14). The topological polar surface area (TPSA) is 96.9 Å². The largest absolute Gasteiger partial charge is 0.409 e. The molecule has 0 saturated heterocycles. The molecule has 1 unspecified atom stereocenters. The number of nitrogens with zero attached hydrogens (tertiary/aromatic N) is 1. The van der Waals surface area contributed by atoms with Crippen LogP contribution in [0.25, 0.3) is 0 Å². The van der Waals surface area contributed by atoms with Gasteiger partial charge in [0.25, 0.3) is 0 Å². The van der Waals surface area contributed by atoms with E-state index in [1.807, 2.05) is 13.8 Å². The molecule has 1 amide bonds. The maximum Gasteiger partial charge on any atom is 0.249 e. The van der Waals surface area contributed by atoms with Gasteiger partial charge in [0.1, 0.15) is 11.6 Å². The van der Waals surface area contributed by atoms with Crippen molar-refractivity contribution in [3.8, 4) is 0 Å². The third-order valence-electron chi connectivity index (χ3n) is 2.89. The number of amidine groups is 1. The van der Waals surface area contributed by atoms with E-state index in [2.05, 4.69) is 10.5 Å². The normalized spacial score (nSPS) is 14.6. The van der Waals surface area contributed by atoms with E-state index < -0.39 is 11.6 Å². The molecule has 0 aliphatic heterocycles. The highest BCUT2D eigenvalue weighted by molar-refractivity contribution is 5.94. The molecular weight excluding hydrogens is 210 g/mol. The van der Waals surface area contributed by atoms with E-state index in [0.717, 1.165) is 0 Å². The van der Waals surface area contributed by atoms with Crippen molar-refractivity contribution in [3.63, 3.8) is 0 Å². The lowest BCUT2D eigenvalue weighted by molar-refractivity contribution is -0.131. The van der Waals surface area contributed by atoms with Gasteiger partial charge in [-0.1, -0.05) is 19.0 Å². The van der Waals surface area contributed by atoms with Crippen molar-refractivity contribution in [2.24, 2.45) is 10.9 Å². The van der Waals surface area contributed by atoms with Gasteiger partial charge in [-0.25, -0.2) is 0 Å². The van der Waals surface area contributed by atoms with Crippen LogP contribution in [0.3, 0.4) is 0 Å². The Morgan fingerprint density at radius 2 is 2.06 bits per heavy atom. The number of nitrogens with one attached hydrogen (secondary N) is 1. The summed E-state index contributed by atoms with van der Waals surface area (Å²) in [5.74, 6) is -0.271. The molecule has 1 atom stereocenters. The summed E-state index contributed by atoms with van der Waals surface area (Å²) in [6, 6.07) is 0. The summed E-state index contributed by atoms with van der Waals surface area (Å²) in [5.41, 5.74) is 4.80. The van der Waals surface area contributed by atoms with Gasteiger partial charge in [-0.2, -0.15) is 0 Å². The molecule has 0 rings (SSSR count). The molecule has 0 fully saturated rings. The van der Waals surface area contributed by atoms with Crippen LogP contribution in [-0.2, 0) is 9.53 Å². The fourth-order valence-corrected chi connectivity index (χ4v) is 1.39. The quantitative estimate of drug-likeness (QED) is 0.267. The number of oxime groups is 1. The molecule has 0 bridgehead atoms. The number of amides is 1. The van der Waals surface area contributed by atoms with Gasteiger partial charge in [0.05, 0.1) is 0 Å². The molecule has 0 aromatic carbocycles. The zero-order chi connectivity index (χ0) is 12.8. The SMILES string of the molecule is CCC(CC)(NC(=O)C(C)OC)C(N)=NO. The number of ether oxygens (including phenoxy) is 1. The molecule has 0 aromatic rings. The van der Waals surface area contributed by atoms with Crippen molar-refractivity contribution >= 4 is 11.7 Å². The number of nitrogens with two attached hydrogens (primary N) is 1. The molecule has 6 heteroatoms. The Balaban J connectivity index is 4.88. The van der Waals surface area contributed by atoms with Gasteiger partial charge < -0.3 is 21.0 Å². The summed E-state index contributed by atoms with van der Waals surface area (Å²) in [5, 5.41) is 14.5. The smallest absolute Gasteiger partial charge is 0.249 e. The van der Waals surface area contributed by atoms with Gasteiger partial charge >= 0.3 is 0 Å². The fourth-order valence-electron chi connectivity index (χ4n) is 1.39. The Morgan fingerprint density at radius 3 is 2.38 bits per heavy atom. The Kier molecular flexibility index (Phi) is 5.81. The number of rotatable bonds is 6. The first-order chi connectivity index (χ1) is 7.47. The number of carbonyl (C=O) groups excluding carboxylic acids is 1. The fraction of sp³-hybridized carbons (Fsp3) is 0.800. The molecule has 16 heavy (non-hydrogen) atoms. The minimum atomic E-state index is -0.807. The number of carbonyl (C=O) groups is 1. The second kappa shape index (κ2) is 6.32. The number of hydrogen-bond acceptors (Lipinski definition) is 4. The first kappa shape index (κ1) is 14.7. The molecule has 0 heterocycles. The highest BCUT2D eigenvalue weighted by atomic mass is 16.5. The number of hydrogen-bond donors (Lipinski definition) is 3. The Labute approximate surface area is 95.8 Å². The van der Waals surface area contributed by atoms with Gasteiger partial charge in [-0.3, -0.25) is 4.79 Å². The van der Waals surface area contributed by atoms with Crippen LogP contribution >= 0.6 is 0 Å². The average molecular weight is 231 g/mol. The van der Waals surface area contributed by atoms with E-state index in [1.165, 1.54) is 7.11 Å². The molecule has 0 aliphatic rings. The van der Waals surface area contributed by atoms with Crippen molar-refractivity contribution in [2.45, 2.75) is 45.3 Å². The molecule has 4 N–H and O–H groups in total. The van der Waals surface area contributed by atoms with Gasteiger partial charge in [-0.15, -0.1) is 0 Å². The second-order valence-electron chi connectivity index (χ2n) is 3.64. The van der Waals surface area contributed by atoms with Crippen LogP contribution in [0.1, 0.15) is 33.6 Å². The summed E-state index contributed by atoms with van der Waals surface area (Å²) in [4.78, 5) is 11.7. The zero-order valence-corrected chi connectivity index (χ0v) is 10.3. The van der Waals surface area contributed by atoms with Gasteiger partial charge in [0, 0.05) is 7.11 Å². The van der Waals surface area contributed by atoms with Crippen LogP contribution in [0.15, 0.2) is 5.16 Å². The van der Waals surface area contributed by atoms with Crippen molar-refractivity contribution in [2.75, 3.05) is 7.11 Å². The third-order valence-corrected chi connectivity index (χ3v) is 2.89. The average Bonchev–Trinajstić information content (AvgIpc) is 2.33. The van der Waals surface area contributed by atoms with Crippen LogP contribution in [0.4, 0.5) is 0 Å². The van der Waals surface area contributed by atoms with Crippen LogP contribution in [0.2, 0.25) is 0 Å². The van der Waals surface area contributed by atoms with E-state index in [4.69, 9.17) is 15.7 Å². The Hall–Kier alpha value is -1.30. The summed E-state index contributed by atoms with van der Waals surface area (Å²) < 4.78 is 4.90. The minimum Gasteiger partial charge on any atom is -0.409 e. The lowest BCUT2D eigenvalue weighted by Gasteiger charge is -2.32. The van der Waals surface area contributed by atoms with Crippen molar-refractivity contribution in [3.05, 3.63) is 0 Å². The monoisotopic (exact) mass is 231 g/mol. The predicted octanol–water partition coefficient (Wildman–Crippen LogP) is 0.443. The maximum absolute atomic E-state index is 11.7. The predicted molar refractivity (Wildman–Crippen MR) is 61.3 cm³/mol. The molecule has 0 aromatic heterocycles. The van der Waals surface area contributed by atoms with Crippen LogP contribution in [0, 0.1) is 0 Å². The van der Waals surface area contributed by atoms with Crippen molar-refractivity contribution in [1.29, 1.82) is 0 Å². The van der Waals surface area contributed by atoms with E-state index in [0.29, 0.717) is 12.8 Å². The highest BCUT2D eigenvalue weighted by Gasteiger charge is 2.34. The molecule has 0 spiro atoms. The summed E-state index contributed by atoms with van der Waals surface area (Å²) in [6.45, 7) is 5.36. The summed E-state index contributed by atoms with van der Waals surface area (Å²) in [7, 11) is 1.45. The zero-order valence-electron chi connectivity index (χ0n) is 10.3. The highest BCUT2D eigenvalue weighted by Crippen LogP contribution is 2.15. The third kappa shape index (κ3) is 3.10. The van der Waals surface area contributed by atoms with E-state index in [-0.39, 0.29) is 11.7 Å². The number of methoxy groups -OCH3 is 1. The van der Waals surface area contributed by atoms with E-state index >= 15 is 0 Å². The first-order valence-electron chi connectivity index (χ1n) is 5.30. The summed E-state index contributed by atoms with van der Waals surface area (Å²) in [6.07, 6.45) is 0.521. The van der Waals surface area contributed by atoms with Crippen LogP contribution in [0.5, 0.6) is 0 Å². The Morgan fingerprint density at radius 1 is 1.56 bits per heavy atom. The van der Waals surface area contributed by atoms with Gasteiger partial charge in [-0.05, 0) is 19.8 Å². The molecule has 0 saturated carbocycles. The molecular formula is C10H21N3O3. The van der Waals surface area contributed by atoms with Crippen LogP contribution in [-0.4, -0.2) is 35.7 Å². The summed E-state index contributed by atoms with van der Waals surface area (Å²) >= 11 is 0. The van der Waals surface area contributed by atoms with Gasteiger partial charge in [0.2, 0.25) is 5.91 Å². The van der Waals surface area contributed by atoms with Crippen molar-refractivity contribution in [1.82, 2.24) is 5.32 Å². The van der Waals surface area contributed by atoms with E-state index in [9.17, 15) is 4.79 Å². The molecule has 6 nitrogen and oxygen atoms in total. The minimum absolute atomic E-state index is 0.00848. The second-order valence-corrected chi connectivity index (χ2v) is 3.64. The molecule has 94 valence electrons. The van der Waals surface area contributed by atoms with Gasteiger partial charge in [0.15, 0.2) is 5.84 Å².